The maximum absolute atomic E-state index is 13.9. The van der Waals surface area contributed by atoms with Crippen LogP contribution in [0.5, 0.6) is 0 Å². The zero-order chi connectivity index (χ0) is 14.5. The number of nitrogens with zero attached hydrogens (tertiary/aromatic N) is 2. The lowest BCUT2D eigenvalue weighted by atomic mass is 10.1. The number of aliphatic hydroxyl groups excluding tert-OH is 1. The molecule has 1 atom stereocenters. The molecule has 0 spiro atoms. The van der Waals surface area contributed by atoms with Crippen molar-refractivity contribution < 1.29 is 13.9 Å². The third-order valence-corrected chi connectivity index (χ3v) is 2.91. The van der Waals surface area contributed by atoms with Crippen molar-refractivity contribution >= 4 is 5.82 Å². The molecule has 0 amide bonds. The first-order chi connectivity index (χ1) is 9.61. The smallest absolute Gasteiger partial charge is 0.186 e. The Hall–Kier alpha value is -2.08. The molecule has 0 unspecified atom stereocenters. The van der Waals surface area contributed by atoms with Gasteiger partial charge in [0, 0.05) is 6.54 Å². The quantitative estimate of drug-likeness (QED) is 0.882. The highest BCUT2D eigenvalue weighted by Gasteiger charge is 2.12. The molecule has 0 aliphatic rings. The van der Waals surface area contributed by atoms with Crippen LogP contribution in [0.3, 0.4) is 0 Å². The summed E-state index contributed by atoms with van der Waals surface area (Å²) in [5.74, 6) is -0.831. The molecule has 0 aliphatic carbocycles. The molecule has 0 bridgehead atoms. The molecule has 2 rings (SSSR count). The highest BCUT2D eigenvalue weighted by atomic mass is 19.1. The van der Waals surface area contributed by atoms with Crippen molar-refractivity contribution in [3.63, 3.8) is 0 Å². The lowest BCUT2D eigenvalue weighted by molar-refractivity contribution is 0.191. The summed E-state index contributed by atoms with van der Waals surface area (Å²) in [6.07, 6.45) is 0.855. The molecule has 1 aromatic heterocycles. The number of halogens is 2. The second-order valence-corrected chi connectivity index (χ2v) is 4.28. The number of rotatable bonds is 5. The molecule has 2 N–H and O–H groups in total. The summed E-state index contributed by atoms with van der Waals surface area (Å²) < 4.78 is 26.6. The van der Waals surface area contributed by atoms with E-state index in [4.69, 9.17) is 0 Å². The highest BCUT2D eigenvalue weighted by molar-refractivity contribution is 5.37. The van der Waals surface area contributed by atoms with Crippen molar-refractivity contribution in [2.75, 3.05) is 11.9 Å². The Morgan fingerprint density at radius 1 is 1.20 bits per heavy atom. The van der Waals surface area contributed by atoms with Gasteiger partial charge in [0.1, 0.15) is 12.1 Å². The summed E-state index contributed by atoms with van der Waals surface area (Å²) in [6.45, 7) is 1.87. The van der Waals surface area contributed by atoms with Crippen LogP contribution in [0, 0.1) is 11.6 Å². The van der Waals surface area contributed by atoms with Gasteiger partial charge in [-0.15, -0.1) is 0 Å². The van der Waals surface area contributed by atoms with E-state index in [-0.39, 0.29) is 18.2 Å². The highest BCUT2D eigenvalue weighted by Crippen LogP contribution is 2.17. The van der Waals surface area contributed by atoms with Crippen LogP contribution in [-0.2, 0) is 6.42 Å². The number of benzene rings is 1. The Kier molecular flexibility index (Phi) is 4.57. The summed E-state index contributed by atoms with van der Waals surface area (Å²) >= 11 is 0. The Balaban J connectivity index is 2.03. The van der Waals surface area contributed by atoms with E-state index in [1.807, 2.05) is 0 Å². The minimum Gasteiger partial charge on any atom is -0.387 e. The average molecular weight is 279 g/mol. The molecule has 0 saturated heterocycles. The van der Waals surface area contributed by atoms with E-state index in [1.165, 1.54) is 30.6 Å². The van der Waals surface area contributed by atoms with E-state index in [0.717, 1.165) is 0 Å². The predicted octanol–water partition coefficient (Wildman–Crippen LogP) is 2.46. The van der Waals surface area contributed by atoms with Crippen LogP contribution in [0.15, 0.2) is 30.6 Å². The molecule has 0 fully saturated rings. The maximum Gasteiger partial charge on any atom is 0.186 e. The van der Waals surface area contributed by atoms with Gasteiger partial charge in [-0.05, 0) is 24.1 Å². The Morgan fingerprint density at radius 3 is 2.55 bits per heavy atom. The zero-order valence-electron chi connectivity index (χ0n) is 11.0. The van der Waals surface area contributed by atoms with Gasteiger partial charge in [0.25, 0.3) is 0 Å². The Labute approximate surface area is 115 Å². The van der Waals surface area contributed by atoms with E-state index in [1.54, 1.807) is 6.92 Å². The zero-order valence-corrected chi connectivity index (χ0v) is 11.0. The summed E-state index contributed by atoms with van der Waals surface area (Å²) in [5, 5.41) is 12.7. The van der Waals surface area contributed by atoms with Crippen molar-refractivity contribution in [3.8, 4) is 0 Å². The normalized spacial score (nSPS) is 12.2. The van der Waals surface area contributed by atoms with Gasteiger partial charge in [-0.3, -0.25) is 0 Å². The second-order valence-electron chi connectivity index (χ2n) is 4.28. The first kappa shape index (κ1) is 14.3. The molecule has 6 heteroatoms. The third-order valence-electron chi connectivity index (χ3n) is 2.91. The number of hydrogen-bond acceptors (Lipinski definition) is 4. The van der Waals surface area contributed by atoms with Gasteiger partial charge in [0.15, 0.2) is 11.6 Å². The summed E-state index contributed by atoms with van der Waals surface area (Å²) in [6, 6.07) is 5.49. The van der Waals surface area contributed by atoms with E-state index < -0.39 is 11.9 Å². The van der Waals surface area contributed by atoms with Crippen molar-refractivity contribution in [1.29, 1.82) is 0 Å². The molecule has 0 aliphatic heterocycles. The number of nitrogens with one attached hydrogen (secondary N) is 1. The standard InChI is InChI=1S/C14H15F2N3O/c1-2-11-13(16)14(19-8-18-11)17-7-12(20)9-3-5-10(15)6-4-9/h3-6,8,12,20H,2,7H2,1H3,(H,17,18,19)/t12-/m1/s1. The van der Waals surface area contributed by atoms with Crippen molar-refractivity contribution in [2.24, 2.45) is 0 Å². The number of hydrogen-bond donors (Lipinski definition) is 2. The third kappa shape index (κ3) is 3.27. The van der Waals surface area contributed by atoms with Gasteiger partial charge in [-0.25, -0.2) is 18.7 Å². The summed E-state index contributed by atoms with van der Waals surface area (Å²) in [7, 11) is 0. The van der Waals surface area contributed by atoms with Crippen LogP contribution >= 0.6 is 0 Å². The Bertz CT molecular complexity index is 575. The molecule has 4 nitrogen and oxygen atoms in total. The van der Waals surface area contributed by atoms with Crippen LogP contribution in [-0.4, -0.2) is 21.6 Å². The molecular weight excluding hydrogens is 264 g/mol. The van der Waals surface area contributed by atoms with Gasteiger partial charge in [0.05, 0.1) is 11.8 Å². The monoisotopic (exact) mass is 279 g/mol. The molecule has 0 saturated carbocycles. The van der Waals surface area contributed by atoms with E-state index in [9.17, 15) is 13.9 Å². The van der Waals surface area contributed by atoms with Crippen LogP contribution < -0.4 is 5.32 Å². The number of aromatic nitrogens is 2. The average Bonchev–Trinajstić information content (AvgIpc) is 2.46. The van der Waals surface area contributed by atoms with Crippen molar-refractivity contribution in [1.82, 2.24) is 9.97 Å². The van der Waals surface area contributed by atoms with Gasteiger partial charge < -0.3 is 10.4 Å². The summed E-state index contributed by atoms with van der Waals surface area (Å²) in [5.41, 5.74) is 0.864. The number of aryl methyl sites for hydroxylation is 1. The van der Waals surface area contributed by atoms with E-state index in [0.29, 0.717) is 17.7 Å². The maximum atomic E-state index is 13.9. The largest absolute Gasteiger partial charge is 0.387 e. The molecular formula is C14H15F2N3O. The Morgan fingerprint density at radius 2 is 1.90 bits per heavy atom. The van der Waals surface area contributed by atoms with Gasteiger partial charge in [-0.2, -0.15) is 0 Å². The number of aliphatic hydroxyl groups is 1. The van der Waals surface area contributed by atoms with Crippen LogP contribution in [0.4, 0.5) is 14.6 Å². The first-order valence-electron chi connectivity index (χ1n) is 6.28. The fourth-order valence-electron chi connectivity index (χ4n) is 1.77. The molecule has 106 valence electrons. The minimum absolute atomic E-state index is 0.0537. The van der Waals surface area contributed by atoms with Gasteiger partial charge in [-0.1, -0.05) is 19.1 Å². The molecule has 0 radical (unpaired) electrons. The molecule has 20 heavy (non-hydrogen) atoms. The van der Waals surface area contributed by atoms with E-state index in [2.05, 4.69) is 15.3 Å². The SMILES string of the molecule is CCc1ncnc(NC[C@@H](O)c2ccc(F)cc2)c1F. The van der Waals surface area contributed by atoms with Gasteiger partial charge in [0.2, 0.25) is 0 Å². The summed E-state index contributed by atoms with van der Waals surface area (Å²) in [4.78, 5) is 7.62. The molecule has 1 aromatic carbocycles. The molecule has 2 aromatic rings. The van der Waals surface area contributed by atoms with Gasteiger partial charge >= 0.3 is 0 Å². The van der Waals surface area contributed by atoms with Crippen molar-refractivity contribution in [2.45, 2.75) is 19.4 Å². The number of anilines is 1. The van der Waals surface area contributed by atoms with Crippen LogP contribution in [0.25, 0.3) is 0 Å². The molecule has 1 heterocycles. The van der Waals surface area contributed by atoms with Crippen LogP contribution in [0.2, 0.25) is 0 Å². The van der Waals surface area contributed by atoms with Crippen LogP contribution in [0.1, 0.15) is 24.3 Å². The fraction of sp³-hybridized carbons (Fsp3) is 0.286. The lowest BCUT2D eigenvalue weighted by Crippen LogP contribution is -2.15. The fourth-order valence-corrected chi connectivity index (χ4v) is 1.77. The second kappa shape index (κ2) is 6.38. The van der Waals surface area contributed by atoms with E-state index >= 15 is 0 Å². The van der Waals surface area contributed by atoms with Crippen molar-refractivity contribution in [3.05, 3.63) is 53.5 Å². The topological polar surface area (TPSA) is 58.0 Å². The first-order valence-corrected chi connectivity index (χ1v) is 6.28. The predicted molar refractivity (Wildman–Crippen MR) is 71.2 cm³/mol. The minimum atomic E-state index is -0.880. The lowest BCUT2D eigenvalue weighted by Gasteiger charge is -2.13.